The van der Waals surface area contributed by atoms with E-state index in [2.05, 4.69) is 5.32 Å². The lowest BCUT2D eigenvalue weighted by atomic mass is 10.1. The molecular formula is C13H17FN2O3. The molecule has 0 aliphatic carbocycles. The molecular weight excluding hydrogens is 251 g/mol. The van der Waals surface area contributed by atoms with Crippen LogP contribution in [0.3, 0.4) is 0 Å². The zero-order valence-electron chi connectivity index (χ0n) is 11.1. The number of phenolic OH excluding ortho intramolecular Hbond substituents is 1. The van der Waals surface area contributed by atoms with Crippen molar-refractivity contribution < 1.29 is 19.1 Å². The fraction of sp³-hybridized carbons (Fsp3) is 0.385. The van der Waals surface area contributed by atoms with E-state index in [0.29, 0.717) is 0 Å². The standard InChI is InChI=1S/C13H17FN2O3/c1-8(12(18)15-2)7-16(3)13(19)11-9(14)5-4-6-10(11)17/h4-6,8,17H,7H2,1-3H3,(H,15,18). The minimum Gasteiger partial charge on any atom is -0.507 e. The highest BCUT2D eigenvalue weighted by Crippen LogP contribution is 2.21. The molecule has 2 N–H and O–H groups in total. The summed E-state index contributed by atoms with van der Waals surface area (Å²) in [7, 11) is 2.96. The van der Waals surface area contributed by atoms with Gasteiger partial charge in [0.2, 0.25) is 5.91 Å². The summed E-state index contributed by atoms with van der Waals surface area (Å²) < 4.78 is 13.5. The Hall–Kier alpha value is -2.11. The van der Waals surface area contributed by atoms with Gasteiger partial charge in [0.25, 0.3) is 5.91 Å². The maximum absolute atomic E-state index is 13.5. The van der Waals surface area contributed by atoms with Crippen molar-refractivity contribution >= 4 is 11.8 Å². The number of nitrogens with zero attached hydrogens (tertiary/aromatic N) is 1. The van der Waals surface area contributed by atoms with Crippen LogP contribution < -0.4 is 5.32 Å². The highest BCUT2D eigenvalue weighted by Gasteiger charge is 2.23. The van der Waals surface area contributed by atoms with Crippen LogP contribution in [-0.2, 0) is 4.79 Å². The third kappa shape index (κ3) is 3.43. The van der Waals surface area contributed by atoms with Crippen molar-refractivity contribution in [2.75, 3.05) is 20.6 Å². The fourth-order valence-electron chi connectivity index (χ4n) is 1.74. The summed E-state index contributed by atoms with van der Waals surface area (Å²) in [6.45, 7) is 1.79. The fourth-order valence-corrected chi connectivity index (χ4v) is 1.74. The molecule has 1 rings (SSSR count). The van der Waals surface area contributed by atoms with E-state index in [4.69, 9.17) is 0 Å². The molecule has 0 radical (unpaired) electrons. The molecule has 1 aromatic rings. The van der Waals surface area contributed by atoms with E-state index in [1.807, 2.05) is 0 Å². The largest absolute Gasteiger partial charge is 0.507 e. The van der Waals surface area contributed by atoms with Gasteiger partial charge in [-0.05, 0) is 12.1 Å². The quantitative estimate of drug-likeness (QED) is 0.855. The molecule has 2 amide bonds. The summed E-state index contributed by atoms with van der Waals surface area (Å²) in [6.07, 6.45) is 0. The molecule has 0 saturated heterocycles. The van der Waals surface area contributed by atoms with E-state index < -0.39 is 23.4 Å². The zero-order valence-corrected chi connectivity index (χ0v) is 11.1. The molecule has 1 aromatic carbocycles. The van der Waals surface area contributed by atoms with E-state index >= 15 is 0 Å². The van der Waals surface area contributed by atoms with Crippen LogP contribution in [0.4, 0.5) is 4.39 Å². The summed E-state index contributed by atoms with van der Waals surface area (Å²) >= 11 is 0. The Morgan fingerprint density at radius 1 is 1.47 bits per heavy atom. The number of carbonyl (C=O) groups is 2. The third-order valence-electron chi connectivity index (χ3n) is 2.79. The van der Waals surface area contributed by atoms with Crippen molar-refractivity contribution in [1.82, 2.24) is 10.2 Å². The smallest absolute Gasteiger partial charge is 0.260 e. The Labute approximate surface area is 111 Å². The van der Waals surface area contributed by atoms with Gasteiger partial charge in [0.15, 0.2) is 0 Å². The number of carbonyl (C=O) groups excluding carboxylic acids is 2. The molecule has 0 aliphatic rings. The Balaban J connectivity index is 2.86. The Bertz CT molecular complexity index is 471. The van der Waals surface area contributed by atoms with Gasteiger partial charge in [0.05, 0.1) is 5.92 Å². The van der Waals surface area contributed by atoms with Crippen LogP contribution in [0.2, 0.25) is 0 Å². The van der Waals surface area contributed by atoms with Gasteiger partial charge in [-0.25, -0.2) is 4.39 Å². The number of nitrogens with one attached hydrogen (secondary N) is 1. The molecule has 0 aliphatic heterocycles. The first kappa shape index (κ1) is 14.9. The summed E-state index contributed by atoms with van der Waals surface area (Å²) in [5.74, 6) is -2.49. The second-order valence-electron chi connectivity index (χ2n) is 4.33. The number of amides is 2. The van der Waals surface area contributed by atoms with E-state index in [1.54, 1.807) is 6.92 Å². The van der Waals surface area contributed by atoms with E-state index in [9.17, 15) is 19.1 Å². The number of benzene rings is 1. The molecule has 104 valence electrons. The van der Waals surface area contributed by atoms with Gasteiger partial charge in [-0.2, -0.15) is 0 Å². The lowest BCUT2D eigenvalue weighted by Gasteiger charge is -2.21. The van der Waals surface area contributed by atoms with Gasteiger partial charge in [0, 0.05) is 20.6 Å². The SMILES string of the molecule is CNC(=O)C(C)CN(C)C(=O)c1c(O)cccc1F. The highest BCUT2D eigenvalue weighted by atomic mass is 19.1. The minimum atomic E-state index is -0.788. The van der Waals surface area contributed by atoms with Crippen LogP contribution >= 0.6 is 0 Å². The summed E-state index contributed by atoms with van der Waals surface area (Å²) in [5.41, 5.74) is -0.380. The predicted molar refractivity (Wildman–Crippen MR) is 68.3 cm³/mol. The normalized spacial score (nSPS) is 11.8. The van der Waals surface area contributed by atoms with Crippen molar-refractivity contribution in [3.63, 3.8) is 0 Å². The predicted octanol–water partition coefficient (Wildman–Crippen LogP) is 0.985. The first-order chi connectivity index (χ1) is 8.88. The van der Waals surface area contributed by atoms with Crippen molar-refractivity contribution in [2.45, 2.75) is 6.92 Å². The first-order valence-electron chi connectivity index (χ1n) is 5.83. The molecule has 5 nitrogen and oxygen atoms in total. The maximum Gasteiger partial charge on any atom is 0.260 e. The Kier molecular flexibility index (Phi) is 4.86. The lowest BCUT2D eigenvalue weighted by Crippen LogP contribution is -2.37. The van der Waals surface area contributed by atoms with E-state index in [-0.39, 0.29) is 18.0 Å². The number of aromatic hydroxyl groups is 1. The van der Waals surface area contributed by atoms with Crippen LogP contribution in [0.25, 0.3) is 0 Å². The lowest BCUT2D eigenvalue weighted by molar-refractivity contribution is -0.124. The van der Waals surface area contributed by atoms with Gasteiger partial charge in [-0.3, -0.25) is 9.59 Å². The molecule has 0 heterocycles. The van der Waals surface area contributed by atoms with Gasteiger partial charge >= 0.3 is 0 Å². The highest BCUT2D eigenvalue weighted by molar-refractivity contribution is 5.97. The van der Waals surface area contributed by atoms with Gasteiger partial charge in [0.1, 0.15) is 17.1 Å². The molecule has 1 unspecified atom stereocenters. The molecule has 0 bridgehead atoms. The number of hydrogen-bond acceptors (Lipinski definition) is 3. The molecule has 19 heavy (non-hydrogen) atoms. The average Bonchev–Trinajstić information content (AvgIpc) is 2.37. The third-order valence-corrected chi connectivity index (χ3v) is 2.79. The van der Waals surface area contributed by atoms with E-state index in [1.165, 1.54) is 31.1 Å². The van der Waals surface area contributed by atoms with Gasteiger partial charge in [-0.1, -0.05) is 13.0 Å². The number of rotatable bonds is 4. The average molecular weight is 268 g/mol. The number of phenols is 1. The van der Waals surface area contributed by atoms with Crippen molar-refractivity contribution in [3.8, 4) is 5.75 Å². The molecule has 0 fully saturated rings. The van der Waals surface area contributed by atoms with Crippen molar-refractivity contribution in [3.05, 3.63) is 29.6 Å². The van der Waals surface area contributed by atoms with Crippen LogP contribution in [0.1, 0.15) is 17.3 Å². The monoisotopic (exact) mass is 268 g/mol. The second kappa shape index (κ2) is 6.17. The molecule has 0 aromatic heterocycles. The Morgan fingerprint density at radius 2 is 2.11 bits per heavy atom. The zero-order chi connectivity index (χ0) is 14.6. The number of halogens is 1. The van der Waals surface area contributed by atoms with E-state index in [0.717, 1.165) is 6.07 Å². The van der Waals surface area contributed by atoms with Crippen molar-refractivity contribution in [1.29, 1.82) is 0 Å². The molecule has 6 heteroatoms. The number of hydrogen-bond donors (Lipinski definition) is 2. The summed E-state index contributed by atoms with van der Waals surface area (Å²) in [6, 6.07) is 3.66. The van der Waals surface area contributed by atoms with Crippen LogP contribution in [0.15, 0.2) is 18.2 Å². The van der Waals surface area contributed by atoms with Gasteiger partial charge < -0.3 is 15.3 Å². The second-order valence-corrected chi connectivity index (χ2v) is 4.33. The van der Waals surface area contributed by atoms with Crippen molar-refractivity contribution in [2.24, 2.45) is 5.92 Å². The van der Waals surface area contributed by atoms with Crippen LogP contribution in [0, 0.1) is 11.7 Å². The van der Waals surface area contributed by atoms with Crippen LogP contribution in [-0.4, -0.2) is 42.5 Å². The molecule has 1 atom stereocenters. The maximum atomic E-state index is 13.5. The minimum absolute atomic E-state index is 0.131. The molecule has 0 saturated carbocycles. The van der Waals surface area contributed by atoms with Gasteiger partial charge in [-0.15, -0.1) is 0 Å². The topological polar surface area (TPSA) is 69.6 Å². The van der Waals surface area contributed by atoms with Crippen LogP contribution in [0.5, 0.6) is 5.75 Å². The summed E-state index contributed by atoms with van der Waals surface area (Å²) in [5, 5.41) is 12.0. The first-order valence-corrected chi connectivity index (χ1v) is 5.83. The molecule has 0 spiro atoms. The summed E-state index contributed by atoms with van der Waals surface area (Å²) in [4.78, 5) is 24.6. The Morgan fingerprint density at radius 3 is 2.63 bits per heavy atom.